The van der Waals surface area contributed by atoms with Crippen LogP contribution in [0.4, 0.5) is 17.6 Å². The lowest BCUT2D eigenvalue weighted by atomic mass is 10.1. The van der Waals surface area contributed by atoms with Crippen LogP contribution in [0.5, 0.6) is 11.5 Å². The lowest BCUT2D eigenvalue weighted by Crippen LogP contribution is -2.28. The van der Waals surface area contributed by atoms with E-state index < -0.39 is 32.9 Å². The third kappa shape index (κ3) is 2.62. The first-order chi connectivity index (χ1) is 9.10. The monoisotopic (exact) mass is 310 g/mol. The van der Waals surface area contributed by atoms with Gasteiger partial charge in [0.2, 0.25) is 0 Å². The third-order valence-electron chi connectivity index (χ3n) is 2.34. The molecular formula is C11H6F4O4S. The van der Waals surface area contributed by atoms with Gasteiger partial charge in [-0.05, 0) is 29.7 Å². The van der Waals surface area contributed by atoms with E-state index in [0.29, 0.717) is 6.07 Å². The van der Waals surface area contributed by atoms with E-state index in [2.05, 4.69) is 4.18 Å². The Morgan fingerprint density at radius 1 is 1.10 bits per heavy atom. The van der Waals surface area contributed by atoms with Crippen molar-refractivity contribution in [2.45, 2.75) is 5.51 Å². The molecule has 0 aliphatic carbocycles. The minimum absolute atomic E-state index is 0.00243. The number of alkyl halides is 3. The molecular weight excluding hydrogens is 304 g/mol. The summed E-state index contributed by atoms with van der Waals surface area (Å²) in [5, 5.41) is 9.23. The fourth-order valence-corrected chi connectivity index (χ4v) is 1.99. The number of aromatic hydroxyl groups is 1. The predicted molar refractivity (Wildman–Crippen MR) is 61.2 cm³/mol. The van der Waals surface area contributed by atoms with Gasteiger partial charge in [0, 0.05) is 11.5 Å². The number of hydrogen-bond acceptors (Lipinski definition) is 4. The molecule has 108 valence electrons. The summed E-state index contributed by atoms with van der Waals surface area (Å²) in [6, 6.07) is 4.65. The van der Waals surface area contributed by atoms with E-state index in [1.165, 1.54) is 0 Å². The maximum absolute atomic E-state index is 13.0. The fourth-order valence-electron chi connectivity index (χ4n) is 1.52. The van der Waals surface area contributed by atoms with Gasteiger partial charge in [0.05, 0.1) is 0 Å². The molecule has 0 fully saturated rings. The largest absolute Gasteiger partial charge is 0.534 e. The van der Waals surface area contributed by atoms with Crippen LogP contribution in [0, 0.1) is 5.82 Å². The summed E-state index contributed by atoms with van der Waals surface area (Å²) in [6.45, 7) is 0. The molecule has 0 radical (unpaired) electrons. The van der Waals surface area contributed by atoms with Gasteiger partial charge in [0.1, 0.15) is 11.6 Å². The van der Waals surface area contributed by atoms with Crippen LogP contribution in [0.15, 0.2) is 30.3 Å². The Kier molecular flexibility index (Phi) is 3.24. The lowest BCUT2D eigenvalue weighted by molar-refractivity contribution is -0.0499. The van der Waals surface area contributed by atoms with Crippen LogP contribution in [-0.4, -0.2) is 19.0 Å². The number of rotatable bonds is 2. The van der Waals surface area contributed by atoms with Gasteiger partial charge in [0.15, 0.2) is 5.75 Å². The molecule has 2 aromatic carbocycles. The van der Waals surface area contributed by atoms with E-state index in [9.17, 15) is 31.1 Å². The Hall–Kier alpha value is -2.03. The summed E-state index contributed by atoms with van der Waals surface area (Å²) in [5.74, 6) is -2.00. The molecule has 2 aromatic rings. The fraction of sp³-hybridized carbons (Fsp3) is 0.0909. The maximum Gasteiger partial charge on any atom is 0.534 e. The first-order valence-electron chi connectivity index (χ1n) is 5.03. The highest BCUT2D eigenvalue weighted by atomic mass is 32.2. The van der Waals surface area contributed by atoms with Gasteiger partial charge in [-0.1, -0.05) is 0 Å². The smallest absolute Gasteiger partial charge is 0.508 e. The molecule has 20 heavy (non-hydrogen) atoms. The second-order valence-electron chi connectivity index (χ2n) is 3.79. The molecule has 4 nitrogen and oxygen atoms in total. The second kappa shape index (κ2) is 4.51. The van der Waals surface area contributed by atoms with Crippen LogP contribution >= 0.6 is 0 Å². The van der Waals surface area contributed by atoms with E-state index in [4.69, 9.17) is 0 Å². The zero-order valence-electron chi connectivity index (χ0n) is 9.48. The van der Waals surface area contributed by atoms with Crippen molar-refractivity contribution >= 4 is 20.9 Å². The molecule has 0 aromatic heterocycles. The van der Waals surface area contributed by atoms with Gasteiger partial charge in [-0.15, -0.1) is 0 Å². The molecule has 0 saturated carbocycles. The summed E-state index contributed by atoms with van der Waals surface area (Å²) in [5.41, 5.74) is -5.61. The average Bonchev–Trinajstić information content (AvgIpc) is 2.25. The van der Waals surface area contributed by atoms with Crippen molar-refractivity contribution in [2.75, 3.05) is 0 Å². The van der Waals surface area contributed by atoms with Crippen molar-refractivity contribution in [1.82, 2.24) is 0 Å². The third-order valence-corrected chi connectivity index (χ3v) is 3.31. The quantitative estimate of drug-likeness (QED) is 0.526. The zero-order chi connectivity index (χ0) is 15.1. The van der Waals surface area contributed by atoms with Gasteiger partial charge in [-0.2, -0.15) is 21.6 Å². The molecule has 0 atom stereocenters. The second-order valence-corrected chi connectivity index (χ2v) is 5.33. The first-order valence-corrected chi connectivity index (χ1v) is 6.44. The highest BCUT2D eigenvalue weighted by Gasteiger charge is 2.48. The van der Waals surface area contributed by atoms with E-state index in [0.717, 1.165) is 24.3 Å². The summed E-state index contributed by atoms with van der Waals surface area (Å²) in [4.78, 5) is 0. The van der Waals surface area contributed by atoms with Crippen molar-refractivity contribution in [2.24, 2.45) is 0 Å². The van der Waals surface area contributed by atoms with E-state index in [1.54, 1.807) is 0 Å². The van der Waals surface area contributed by atoms with Crippen molar-refractivity contribution in [3.8, 4) is 11.5 Å². The molecule has 0 spiro atoms. The van der Waals surface area contributed by atoms with E-state index >= 15 is 0 Å². The Labute approximate surface area is 110 Å². The summed E-state index contributed by atoms with van der Waals surface area (Å²) >= 11 is 0. The van der Waals surface area contributed by atoms with Gasteiger partial charge >= 0.3 is 15.6 Å². The molecule has 0 unspecified atom stereocenters. The van der Waals surface area contributed by atoms with Crippen LogP contribution in [0.2, 0.25) is 0 Å². The highest BCUT2D eigenvalue weighted by molar-refractivity contribution is 7.88. The number of hydrogen-bond donors (Lipinski definition) is 1. The molecule has 2 rings (SSSR count). The number of halogens is 4. The summed E-state index contributed by atoms with van der Waals surface area (Å²) < 4.78 is 75.6. The minimum Gasteiger partial charge on any atom is -0.508 e. The zero-order valence-corrected chi connectivity index (χ0v) is 10.3. The number of benzene rings is 2. The topological polar surface area (TPSA) is 63.6 Å². The van der Waals surface area contributed by atoms with Crippen LogP contribution in [0.3, 0.4) is 0 Å². The summed E-state index contributed by atoms with van der Waals surface area (Å²) in [6.07, 6.45) is 0. The van der Waals surface area contributed by atoms with Gasteiger partial charge in [0.25, 0.3) is 0 Å². The molecule has 1 N–H and O–H groups in total. The normalized spacial score (nSPS) is 12.6. The van der Waals surface area contributed by atoms with Crippen LogP contribution < -0.4 is 4.18 Å². The number of fused-ring (bicyclic) bond motifs is 1. The predicted octanol–water partition coefficient (Wildman–Crippen LogP) is 2.91. The Morgan fingerprint density at radius 2 is 1.75 bits per heavy atom. The molecule has 9 heteroatoms. The van der Waals surface area contributed by atoms with E-state index in [-0.39, 0.29) is 10.8 Å². The van der Waals surface area contributed by atoms with Crippen molar-refractivity contribution in [3.63, 3.8) is 0 Å². The first kappa shape index (κ1) is 14.4. The molecule has 0 saturated heterocycles. The maximum atomic E-state index is 13.0. The molecule has 0 aliphatic heterocycles. The van der Waals surface area contributed by atoms with Crippen LogP contribution in [0.1, 0.15) is 0 Å². The van der Waals surface area contributed by atoms with Crippen LogP contribution in [-0.2, 0) is 10.1 Å². The van der Waals surface area contributed by atoms with Crippen molar-refractivity contribution in [3.05, 3.63) is 36.1 Å². The number of phenols is 1. The van der Waals surface area contributed by atoms with Gasteiger partial charge < -0.3 is 9.29 Å². The minimum atomic E-state index is -5.87. The van der Waals surface area contributed by atoms with Gasteiger partial charge in [-0.25, -0.2) is 4.39 Å². The summed E-state index contributed by atoms with van der Waals surface area (Å²) in [7, 11) is -5.87. The van der Waals surface area contributed by atoms with Crippen molar-refractivity contribution < 1.29 is 35.3 Å². The molecule has 0 bridgehead atoms. The SMILES string of the molecule is O=S(=O)(Oc1cc(O)cc2cc(F)ccc12)C(F)(F)F. The number of phenolic OH excluding ortho intramolecular Hbond substituents is 1. The van der Waals surface area contributed by atoms with E-state index in [1.807, 2.05) is 0 Å². The van der Waals surface area contributed by atoms with Crippen molar-refractivity contribution in [1.29, 1.82) is 0 Å². The lowest BCUT2D eigenvalue weighted by Gasteiger charge is -2.12. The standard InChI is InChI=1S/C11H6F4O4S/c12-7-1-2-9-6(3-7)4-8(16)5-10(9)19-20(17,18)11(13,14)15/h1-5,16H. The van der Waals surface area contributed by atoms with Gasteiger partial charge in [-0.3, -0.25) is 0 Å². The molecule has 0 amide bonds. The highest BCUT2D eigenvalue weighted by Crippen LogP contribution is 2.35. The molecule has 0 heterocycles. The van der Waals surface area contributed by atoms with Crippen LogP contribution in [0.25, 0.3) is 10.8 Å². The Balaban J connectivity index is 2.61. The Morgan fingerprint density at radius 3 is 2.35 bits per heavy atom. The average molecular weight is 310 g/mol. The molecule has 0 aliphatic rings. The Bertz CT molecular complexity index is 763.